The fourth-order valence-electron chi connectivity index (χ4n) is 2.92. The van der Waals surface area contributed by atoms with Gasteiger partial charge in [-0.25, -0.2) is 4.79 Å². The fourth-order valence-corrected chi connectivity index (χ4v) is 2.92. The van der Waals surface area contributed by atoms with Crippen molar-refractivity contribution in [2.24, 2.45) is 17.4 Å². The van der Waals surface area contributed by atoms with E-state index in [9.17, 15) is 9.59 Å². The lowest BCUT2D eigenvalue weighted by Crippen LogP contribution is -2.37. The quantitative estimate of drug-likeness (QED) is 0.723. The van der Waals surface area contributed by atoms with Gasteiger partial charge in [-0.05, 0) is 18.0 Å². The van der Waals surface area contributed by atoms with Crippen molar-refractivity contribution in [3.8, 4) is 0 Å². The van der Waals surface area contributed by atoms with Crippen molar-refractivity contribution >= 4 is 11.9 Å². The number of primary amides is 1. The number of nitrogens with one attached hydrogen (secondary N) is 1. The van der Waals surface area contributed by atoms with Gasteiger partial charge < -0.3 is 16.4 Å². The molecule has 0 spiro atoms. The molecule has 6 nitrogen and oxygen atoms in total. The molecule has 0 saturated carbocycles. The summed E-state index contributed by atoms with van der Waals surface area (Å²) >= 11 is 0. The standard InChI is InChI=1S/C15H22N4O2/c16-8-12-9-19(7-6-14(20)18-15(17)21)10-13(12)11-4-2-1-3-5-11/h1-5,12-13H,6-10,16H2,(H3,17,18,20,21)/t12-,13+/m1/s1. The molecule has 0 aliphatic carbocycles. The number of nitrogens with two attached hydrogens (primary N) is 2. The first-order chi connectivity index (χ1) is 10.1. The second-order valence-corrected chi connectivity index (χ2v) is 5.43. The molecule has 1 aliphatic rings. The van der Waals surface area contributed by atoms with Crippen LogP contribution in [-0.4, -0.2) is 43.0 Å². The highest BCUT2D eigenvalue weighted by Gasteiger charge is 2.32. The summed E-state index contributed by atoms with van der Waals surface area (Å²) in [4.78, 5) is 24.3. The van der Waals surface area contributed by atoms with Gasteiger partial charge >= 0.3 is 6.03 Å². The number of carbonyl (C=O) groups is 2. The van der Waals surface area contributed by atoms with E-state index >= 15 is 0 Å². The lowest BCUT2D eigenvalue weighted by atomic mass is 9.89. The molecule has 0 radical (unpaired) electrons. The van der Waals surface area contributed by atoms with Crippen molar-refractivity contribution in [2.75, 3.05) is 26.2 Å². The molecule has 1 aromatic rings. The van der Waals surface area contributed by atoms with Crippen molar-refractivity contribution in [1.82, 2.24) is 10.2 Å². The molecular weight excluding hydrogens is 268 g/mol. The summed E-state index contributed by atoms with van der Waals surface area (Å²) < 4.78 is 0. The van der Waals surface area contributed by atoms with E-state index in [4.69, 9.17) is 11.5 Å². The van der Waals surface area contributed by atoms with Gasteiger partial charge in [0.1, 0.15) is 0 Å². The lowest BCUT2D eigenvalue weighted by Gasteiger charge is -2.16. The molecule has 114 valence electrons. The number of carbonyl (C=O) groups excluding carboxylic acids is 2. The van der Waals surface area contributed by atoms with Crippen molar-refractivity contribution in [1.29, 1.82) is 0 Å². The summed E-state index contributed by atoms with van der Waals surface area (Å²) in [5.41, 5.74) is 12.1. The summed E-state index contributed by atoms with van der Waals surface area (Å²) in [5, 5.41) is 2.08. The summed E-state index contributed by atoms with van der Waals surface area (Å²) in [6.07, 6.45) is 0.266. The zero-order valence-corrected chi connectivity index (χ0v) is 12.0. The largest absolute Gasteiger partial charge is 0.351 e. The first kappa shape index (κ1) is 15.5. The zero-order valence-electron chi connectivity index (χ0n) is 12.0. The first-order valence-electron chi connectivity index (χ1n) is 7.16. The van der Waals surface area contributed by atoms with Crippen LogP contribution in [0.1, 0.15) is 17.9 Å². The van der Waals surface area contributed by atoms with Gasteiger partial charge in [-0.1, -0.05) is 30.3 Å². The van der Waals surface area contributed by atoms with Gasteiger partial charge in [0.25, 0.3) is 0 Å². The third-order valence-corrected chi connectivity index (χ3v) is 3.96. The fraction of sp³-hybridized carbons (Fsp3) is 0.467. The number of hydrogen-bond donors (Lipinski definition) is 3. The summed E-state index contributed by atoms with van der Waals surface area (Å²) in [6.45, 7) is 3.00. The monoisotopic (exact) mass is 290 g/mol. The summed E-state index contributed by atoms with van der Waals surface area (Å²) in [6, 6.07) is 9.51. The van der Waals surface area contributed by atoms with Crippen molar-refractivity contribution in [3.63, 3.8) is 0 Å². The number of urea groups is 1. The Bertz CT molecular complexity index is 492. The summed E-state index contributed by atoms with van der Waals surface area (Å²) in [7, 11) is 0. The van der Waals surface area contributed by atoms with Gasteiger partial charge in [-0.3, -0.25) is 10.1 Å². The number of amides is 3. The molecule has 1 saturated heterocycles. The maximum absolute atomic E-state index is 11.4. The van der Waals surface area contributed by atoms with E-state index in [1.807, 2.05) is 18.2 Å². The van der Waals surface area contributed by atoms with E-state index in [1.165, 1.54) is 5.56 Å². The van der Waals surface area contributed by atoms with Crippen LogP contribution in [0.15, 0.2) is 30.3 Å². The normalized spacial score (nSPS) is 22.1. The lowest BCUT2D eigenvalue weighted by molar-refractivity contribution is -0.120. The van der Waals surface area contributed by atoms with Crippen LogP contribution < -0.4 is 16.8 Å². The smallest absolute Gasteiger partial charge is 0.318 e. The minimum absolute atomic E-state index is 0.266. The Morgan fingerprint density at radius 1 is 1.24 bits per heavy atom. The van der Waals surface area contributed by atoms with E-state index in [1.54, 1.807) is 0 Å². The molecule has 1 heterocycles. The number of rotatable bonds is 5. The molecule has 1 aliphatic heterocycles. The maximum Gasteiger partial charge on any atom is 0.318 e. The molecule has 3 amide bonds. The van der Waals surface area contributed by atoms with E-state index in [0.29, 0.717) is 24.9 Å². The molecule has 2 rings (SSSR count). The van der Waals surface area contributed by atoms with Gasteiger partial charge in [0.05, 0.1) is 0 Å². The third-order valence-electron chi connectivity index (χ3n) is 3.96. The highest BCUT2D eigenvalue weighted by Crippen LogP contribution is 2.31. The Balaban J connectivity index is 1.90. The first-order valence-corrected chi connectivity index (χ1v) is 7.16. The molecule has 6 heteroatoms. The average Bonchev–Trinajstić information content (AvgIpc) is 2.89. The Labute approximate surface area is 124 Å². The van der Waals surface area contributed by atoms with Gasteiger partial charge in [0.15, 0.2) is 0 Å². The van der Waals surface area contributed by atoms with E-state index in [-0.39, 0.29) is 12.3 Å². The van der Waals surface area contributed by atoms with Gasteiger partial charge in [0, 0.05) is 32.0 Å². The summed E-state index contributed by atoms with van der Waals surface area (Å²) in [5.74, 6) is 0.456. The highest BCUT2D eigenvalue weighted by molar-refractivity contribution is 5.93. The minimum atomic E-state index is -0.802. The van der Waals surface area contributed by atoms with Crippen molar-refractivity contribution < 1.29 is 9.59 Å². The number of likely N-dealkylation sites (tertiary alicyclic amines) is 1. The average molecular weight is 290 g/mol. The molecule has 0 aromatic heterocycles. The van der Waals surface area contributed by atoms with E-state index in [0.717, 1.165) is 13.1 Å². The highest BCUT2D eigenvalue weighted by atomic mass is 16.2. The molecule has 1 aromatic carbocycles. The van der Waals surface area contributed by atoms with Crippen molar-refractivity contribution in [3.05, 3.63) is 35.9 Å². The van der Waals surface area contributed by atoms with Crippen molar-refractivity contribution in [2.45, 2.75) is 12.3 Å². The SMILES string of the molecule is NC[C@@H]1CN(CCC(=O)NC(N)=O)C[C@H]1c1ccccc1. The van der Waals surface area contributed by atoms with Crippen LogP contribution in [-0.2, 0) is 4.79 Å². The molecule has 0 unspecified atom stereocenters. The third kappa shape index (κ3) is 4.27. The molecular formula is C15H22N4O2. The molecule has 21 heavy (non-hydrogen) atoms. The molecule has 1 fully saturated rings. The minimum Gasteiger partial charge on any atom is -0.351 e. The number of nitrogens with zero attached hydrogens (tertiary/aromatic N) is 1. The van der Waals surface area contributed by atoms with Gasteiger partial charge in [0.2, 0.25) is 5.91 Å². The van der Waals surface area contributed by atoms with E-state index < -0.39 is 6.03 Å². The predicted molar refractivity (Wildman–Crippen MR) is 80.5 cm³/mol. The van der Waals surface area contributed by atoms with E-state index in [2.05, 4.69) is 22.3 Å². The number of imide groups is 1. The molecule has 0 bridgehead atoms. The van der Waals surface area contributed by atoms with Crippen LogP contribution in [0.5, 0.6) is 0 Å². The van der Waals surface area contributed by atoms with Gasteiger partial charge in [-0.2, -0.15) is 0 Å². The zero-order chi connectivity index (χ0) is 15.2. The molecule has 5 N–H and O–H groups in total. The van der Waals surface area contributed by atoms with Crippen LogP contribution in [0.25, 0.3) is 0 Å². The Hall–Kier alpha value is -1.92. The topological polar surface area (TPSA) is 101 Å². The molecule has 2 atom stereocenters. The second kappa shape index (κ2) is 7.19. The van der Waals surface area contributed by atoms with Crippen LogP contribution in [0.4, 0.5) is 4.79 Å². The second-order valence-electron chi connectivity index (χ2n) is 5.43. The van der Waals surface area contributed by atoms with Crippen LogP contribution >= 0.6 is 0 Å². The Morgan fingerprint density at radius 3 is 2.57 bits per heavy atom. The van der Waals surface area contributed by atoms with Crippen LogP contribution in [0.2, 0.25) is 0 Å². The Kier molecular flexibility index (Phi) is 5.30. The van der Waals surface area contributed by atoms with Crippen LogP contribution in [0, 0.1) is 5.92 Å². The number of benzene rings is 1. The maximum atomic E-state index is 11.4. The number of hydrogen-bond acceptors (Lipinski definition) is 4. The Morgan fingerprint density at radius 2 is 1.95 bits per heavy atom. The van der Waals surface area contributed by atoms with Crippen LogP contribution in [0.3, 0.4) is 0 Å². The predicted octanol–water partition coefficient (Wildman–Crippen LogP) is 0.246. The van der Waals surface area contributed by atoms with Gasteiger partial charge in [-0.15, -0.1) is 0 Å².